The van der Waals surface area contributed by atoms with Crippen LogP contribution in [0.1, 0.15) is 90.8 Å². The SMILES string of the molecule is C=CCc1cc(CC=C(C)C)c2c(c1O[Si](C)(C)C(C)(C)C)CC[C@]1(CC[C@@]3(C(C)C)C[C@@H]13)O2. The Hall–Kier alpha value is -1.48. The van der Waals surface area contributed by atoms with E-state index in [1.165, 1.54) is 41.5 Å². The van der Waals surface area contributed by atoms with Gasteiger partial charge in [-0.05, 0) is 105 Å². The second-order valence-corrected chi connectivity index (χ2v) is 18.2. The average molecular weight is 481 g/mol. The summed E-state index contributed by atoms with van der Waals surface area (Å²) in [5, 5.41) is 0.152. The Morgan fingerprint density at radius 1 is 1.18 bits per heavy atom. The highest BCUT2D eigenvalue weighted by Gasteiger charge is 2.70. The fourth-order valence-corrected chi connectivity index (χ4v) is 7.43. The van der Waals surface area contributed by atoms with E-state index in [0.717, 1.165) is 49.0 Å². The Kier molecular flexibility index (Phi) is 6.46. The van der Waals surface area contributed by atoms with Gasteiger partial charge >= 0.3 is 0 Å². The van der Waals surface area contributed by atoms with Crippen LogP contribution in [0.5, 0.6) is 11.5 Å². The van der Waals surface area contributed by atoms with Crippen LogP contribution in [0.3, 0.4) is 0 Å². The summed E-state index contributed by atoms with van der Waals surface area (Å²) < 4.78 is 14.3. The molecule has 1 aromatic rings. The van der Waals surface area contributed by atoms with Gasteiger partial charge in [0.15, 0.2) is 0 Å². The molecular weight excluding hydrogens is 432 g/mol. The topological polar surface area (TPSA) is 18.5 Å². The van der Waals surface area contributed by atoms with Gasteiger partial charge in [-0.3, -0.25) is 0 Å². The Morgan fingerprint density at radius 3 is 2.41 bits per heavy atom. The molecule has 0 aromatic heterocycles. The zero-order valence-electron chi connectivity index (χ0n) is 23.4. The number of benzene rings is 1. The van der Waals surface area contributed by atoms with Crippen LogP contribution in [-0.4, -0.2) is 13.9 Å². The van der Waals surface area contributed by atoms with E-state index in [9.17, 15) is 0 Å². The molecule has 2 aliphatic carbocycles. The average Bonchev–Trinajstić information content (AvgIpc) is 3.42. The van der Waals surface area contributed by atoms with Crippen molar-refractivity contribution in [2.45, 2.75) is 117 Å². The third-order valence-electron chi connectivity index (χ3n) is 9.76. The van der Waals surface area contributed by atoms with Crippen molar-refractivity contribution in [1.29, 1.82) is 0 Å². The Labute approximate surface area is 210 Å². The van der Waals surface area contributed by atoms with E-state index in [1.54, 1.807) is 0 Å². The maximum absolute atomic E-state index is 7.23. The molecule has 1 heterocycles. The van der Waals surface area contributed by atoms with Crippen molar-refractivity contribution >= 4 is 8.32 Å². The molecule has 1 spiro atoms. The maximum atomic E-state index is 7.23. The molecule has 0 unspecified atom stereocenters. The highest BCUT2D eigenvalue weighted by atomic mass is 28.4. The largest absolute Gasteiger partial charge is 0.543 e. The monoisotopic (exact) mass is 480 g/mol. The zero-order chi connectivity index (χ0) is 25.1. The third-order valence-corrected chi connectivity index (χ3v) is 14.1. The van der Waals surface area contributed by atoms with Gasteiger partial charge in [0.2, 0.25) is 0 Å². The Balaban J connectivity index is 1.81. The lowest BCUT2D eigenvalue weighted by Crippen LogP contribution is -2.45. The van der Waals surface area contributed by atoms with Gasteiger partial charge in [0.25, 0.3) is 8.32 Å². The van der Waals surface area contributed by atoms with Gasteiger partial charge in [-0.1, -0.05) is 52.3 Å². The molecule has 0 bridgehead atoms. The fourth-order valence-electron chi connectivity index (χ4n) is 6.36. The molecule has 1 aromatic carbocycles. The van der Waals surface area contributed by atoms with Gasteiger partial charge in [0.05, 0.1) is 0 Å². The van der Waals surface area contributed by atoms with E-state index in [-0.39, 0.29) is 10.6 Å². The van der Waals surface area contributed by atoms with Gasteiger partial charge in [0, 0.05) is 11.5 Å². The molecule has 34 heavy (non-hydrogen) atoms. The summed E-state index contributed by atoms with van der Waals surface area (Å²) in [7, 11) is -1.99. The summed E-state index contributed by atoms with van der Waals surface area (Å²) in [6.45, 7) is 25.0. The molecule has 2 saturated carbocycles. The minimum Gasteiger partial charge on any atom is -0.543 e. The van der Waals surface area contributed by atoms with Crippen molar-refractivity contribution in [3.63, 3.8) is 0 Å². The van der Waals surface area contributed by atoms with Gasteiger partial charge in [-0.2, -0.15) is 0 Å². The summed E-state index contributed by atoms with van der Waals surface area (Å²) in [5.74, 6) is 3.74. The first-order valence-corrected chi connectivity index (χ1v) is 16.5. The smallest absolute Gasteiger partial charge is 0.250 e. The molecule has 4 rings (SSSR count). The first kappa shape index (κ1) is 25.6. The van der Waals surface area contributed by atoms with Crippen molar-refractivity contribution in [3.8, 4) is 11.5 Å². The minimum absolute atomic E-state index is 0.0329. The van der Waals surface area contributed by atoms with Crippen molar-refractivity contribution in [2.75, 3.05) is 0 Å². The van der Waals surface area contributed by atoms with E-state index in [1.807, 2.05) is 6.08 Å². The van der Waals surface area contributed by atoms with Gasteiger partial charge < -0.3 is 9.16 Å². The van der Waals surface area contributed by atoms with Crippen molar-refractivity contribution < 1.29 is 9.16 Å². The van der Waals surface area contributed by atoms with Crippen LogP contribution in [-0.2, 0) is 19.3 Å². The second-order valence-electron chi connectivity index (χ2n) is 13.5. The van der Waals surface area contributed by atoms with Crippen molar-refractivity contribution in [3.05, 3.63) is 47.1 Å². The lowest BCUT2D eigenvalue weighted by molar-refractivity contribution is 0.0278. The van der Waals surface area contributed by atoms with E-state index in [2.05, 4.69) is 80.3 Å². The standard InChI is InChI=1S/C31H48O2Si/c1-11-12-23-19-24(14-13-21(2)3)27-25(28(23)33-34(9,10)29(6,7)8)15-16-31(32-27)18-17-30(22(4)5)20-26(30)31/h11,13,19,22,26H,1,12,14-18,20H2,2-10H3/t26-,30+,31-/m1/s1. The van der Waals surface area contributed by atoms with Crippen LogP contribution in [0.4, 0.5) is 0 Å². The lowest BCUT2D eigenvalue weighted by Gasteiger charge is -2.42. The Bertz CT molecular complexity index is 992. The minimum atomic E-state index is -1.99. The van der Waals surface area contributed by atoms with E-state index >= 15 is 0 Å². The molecule has 188 valence electrons. The number of rotatable bonds is 7. The molecule has 2 nitrogen and oxygen atoms in total. The number of hydrogen-bond acceptors (Lipinski definition) is 2. The number of hydrogen-bond donors (Lipinski definition) is 0. The quantitative estimate of drug-likeness (QED) is 0.287. The number of allylic oxidation sites excluding steroid dienone is 3. The van der Waals surface area contributed by atoms with Crippen molar-refractivity contribution in [1.82, 2.24) is 0 Å². The third kappa shape index (κ3) is 4.20. The predicted molar refractivity (Wildman–Crippen MR) is 148 cm³/mol. The van der Waals surface area contributed by atoms with Crippen molar-refractivity contribution in [2.24, 2.45) is 17.3 Å². The number of fused-ring (bicyclic) bond motifs is 3. The van der Waals surface area contributed by atoms with Gasteiger partial charge in [-0.15, -0.1) is 6.58 Å². The molecule has 0 saturated heterocycles. The molecule has 0 amide bonds. The molecular formula is C31H48O2Si. The summed E-state index contributed by atoms with van der Waals surface area (Å²) in [6, 6.07) is 2.37. The highest BCUT2D eigenvalue weighted by Crippen LogP contribution is 2.73. The number of ether oxygens (including phenoxy) is 1. The van der Waals surface area contributed by atoms with Gasteiger partial charge in [-0.25, -0.2) is 0 Å². The lowest BCUT2D eigenvalue weighted by atomic mass is 9.84. The summed E-state index contributed by atoms with van der Waals surface area (Å²) in [6.07, 6.45) is 12.2. The predicted octanol–water partition coefficient (Wildman–Crippen LogP) is 8.83. The first-order valence-electron chi connectivity index (χ1n) is 13.6. The molecule has 1 aliphatic heterocycles. The second kappa shape index (κ2) is 8.57. The van der Waals surface area contributed by atoms with Crippen LogP contribution in [0.2, 0.25) is 18.1 Å². The van der Waals surface area contributed by atoms with E-state index in [4.69, 9.17) is 9.16 Å². The molecule has 3 atom stereocenters. The molecule has 3 aliphatic rings. The maximum Gasteiger partial charge on any atom is 0.250 e. The Morgan fingerprint density at radius 2 is 1.88 bits per heavy atom. The first-order chi connectivity index (χ1) is 15.8. The fraction of sp³-hybridized carbons (Fsp3) is 0.677. The molecule has 0 radical (unpaired) electrons. The van der Waals surface area contributed by atoms with Crippen LogP contribution < -0.4 is 9.16 Å². The summed E-state index contributed by atoms with van der Waals surface area (Å²) in [4.78, 5) is 0. The normalized spacial score (nSPS) is 27.8. The molecule has 3 heteroatoms. The van der Waals surface area contributed by atoms with Crippen LogP contribution in [0.25, 0.3) is 0 Å². The van der Waals surface area contributed by atoms with Gasteiger partial charge in [0.1, 0.15) is 17.1 Å². The zero-order valence-corrected chi connectivity index (χ0v) is 24.4. The molecule has 0 N–H and O–H groups in total. The summed E-state index contributed by atoms with van der Waals surface area (Å²) >= 11 is 0. The van der Waals surface area contributed by atoms with E-state index in [0.29, 0.717) is 5.41 Å². The van der Waals surface area contributed by atoms with Crippen LogP contribution >= 0.6 is 0 Å². The molecule has 2 fully saturated rings. The van der Waals surface area contributed by atoms with Crippen LogP contribution in [0, 0.1) is 17.3 Å². The van der Waals surface area contributed by atoms with Crippen LogP contribution in [0.15, 0.2) is 30.4 Å². The van der Waals surface area contributed by atoms with E-state index < -0.39 is 8.32 Å². The summed E-state index contributed by atoms with van der Waals surface area (Å²) in [5.41, 5.74) is 5.86. The highest BCUT2D eigenvalue weighted by molar-refractivity contribution is 6.74.